The minimum absolute atomic E-state index is 0.0781. The summed E-state index contributed by atoms with van der Waals surface area (Å²) in [5.74, 6) is 1.72. The van der Waals surface area contributed by atoms with E-state index in [0.717, 1.165) is 28.6 Å². The highest BCUT2D eigenvalue weighted by Gasteiger charge is 2.29. The summed E-state index contributed by atoms with van der Waals surface area (Å²) in [5.41, 5.74) is 3.10. The van der Waals surface area contributed by atoms with Crippen LogP contribution in [-0.4, -0.2) is 19.3 Å². The molecule has 1 saturated carbocycles. The molecule has 20 heavy (non-hydrogen) atoms. The lowest BCUT2D eigenvalue weighted by Crippen LogP contribution is -2.18. The molecule has 2 heterocycles. The molecule has 3 rings (SSSR count). The fourth-order valence-corrected chi connectivity index (χ4v) is 3.80. The van der Waals surface area contributed by atoms with Crippen molar-refractivity contribution in [3.8, 4) is 0 Å². The Balaban J connectivity index is 2.17. The number of alkyl halides is 1. The average Bonchev–Trinajstić information content (AvgIpc) is 3.08. The number of rotatable bonds is 3. The lowest BCUT2D eigenvalue weighted by molar-refractivity contribution is 0.355. The highest BCUT2D eigenvalue weighted by Crippen LogP contribution is 2.38. The van der Waals surface area contributed by atoms with E-state index >= 15 is 0 Å². The summed E-state index contributed by atoms with van der Waals surface area (Å²) in [5, 5.41) is 4.43. The van der Waals surface area contributed by atoms with Crippen molar-refractivity contribution in [1.29, 1.82) is 0 Å². The predicted molar refractivity (Wildman–Crippen MR) is 82.2 cm³/mol. The van der Waals surface area contributed by atoms with Gasteiger partial charge in [-0.25, -0.2) is 4.98 Å². The molecule has 1 fully saturated rings. The molecule has 2 aromatic heterocycles. The van der Waals surface area contributed by atoms with Crippen molar-refractivity contribution in [2.45, 2.75) is 57.9 Å². The van der Waals surface area contributed by atoms with Crippen LogP contribution in [-0.2, 0) is 7.05 Å². The third kappa shape index (κ3) is 2.05. The molecular weight excluding hydrogens is 272 g/mol. The predicted octanol–water partition coefficient (Wildman–Crippen LogP) is 4.13. The van der Waals surface area contributed by atoms with Crippen LogP contribution < -0.4 is 0 Å². The first kappa shape index (κ1) is 13.9. The summed E-state index contributed by atoms with van der Waals surface area (Å²) in [6.45, 7) is 6.33. The summed E-state index contributed by atoms with van der Waals surface area (Å²) in [6.07, 6.45) is 5.33. The lowest BCUT2D eigenvalue weighted by Gasteiger charge is -2.24. The van der Waals surface area contributed by atoms with Gasteiger partial charge in [0.2, 0.25) is 0 Å². The number of imidazole rings is 1. The number of halogens is 1. The van der Waals surface area contributed by atoms with Crippen LogP contribution in [0.15, 0.2) is 0 Å². The lowest BCUT2D eigenvalue weighted by atomic mass is 9.99. The zero-order valence-corrected chi connectivity index (χ0v) is 13.5. The number of aryl methyl sites for hydroxylation is 2. The van der Waals surface area contributed by atoms with Gasteiger partial charge in [0, 0.05) is 13.1 Å². The summed E-state index contributed by atoms with van der Waals surface area (Å²) >= 11 is 6.38. The topological polar surface area (TPSA) is 35.6 Å². The molecule has 110 valence electrons. The molecule has 0 spiro atoms. The monoisotopic (exact) mass is 294 g/mol. The van der Waals surface area contributed by atoms with Crippen molar-refractivity contribution >= 4 is 22.8 Å². The summed E-state index contributed by atoms with van der Waals surface area (Å²) in [6, 6.07) is 0.438. The highest BCUT2D eigenvalue weighted by molar-refractivity contribution is 6.20. The normalized spacial score (nSPS) is 19.9. The second-order valence-corrected chi connectivity index (χ2v) is 6.78. The van der Waals surface area contributed by atoms with Crippen molar-refractivity contribution in [2.75, 3.05) is 0 Å². The van der Waals surface area contributed by atoms with Crippen LogP contribution in [0.4, 0.5) is 0 Å². The Morgan fingerprint density at radius 1 is 1.25 bits per heavy atom. The van der Waals surface area contributed by atoms with E-state index in [1.807, 2.05) is 25.6 Å². The van der Waals surface area contributed by atoms with E-state index in [4.69, 9.17) is 16.6 Å². The largest absolute Gasteiger partial charge is 0.309 e. The molecule has 0 bridgehead atoms. The quantitative estimate of drug-likeness (QED) is 0.798. The zero-order chi connectivity index (χ0) is 14.4. The Labute approximate surface area is 125 Å². The number of fused-ring (bicyclic) bond motifs is 1. The zero-order valence-electron chi connectivity index (χ0n) is 12.7. The first-order valence-corrected chi connectivity index (χ1v) is 7.99. The molecule has 4 nitrogen and oxygen atoms in total. The van der Waals surface area contributed by atoms with Crippen LogP contribution in [0, 0.1) is 12.8 Å². The number of nitrogens with zero attached hydrogens (tertiary/aromatic N) is 4. The molecule has 1 aliphatic rings. The fourth-order valence-electron chi connectivity index (χ4n) is 3.65. The van der Waals surface area contributed by atoms with Crippen molar-refractivity contribution < 1.29 is 0 Å². The van der Waals surface area contributed by atoms with Crippen LogP contribution in [0.1, 0.15) is 62.5 Å². The summed E-state index contributed by atoms with van der Waals surface area (Å²) in [7, 11) is 2.00. The van der Waals surface area contributed by atoms with Gasteiger partial charge in [0.05, 0.1) is 11.1 Å². The molecule has 0 amide bonds. The smallest absolute Gasteiger partial charge is 0.158 e. The molecule has 0 N–H and O–H groups in total. The van der Waals surface area contributed by atoms with Gasteiger partial charge in [-0.3, -0.25) is 4.68 Å². The molecule has 2 atom stereocenters. The van der Waals surface area contributed by atoms with Crippen molar-refractivity contribution in [3.63, 3.8) is 0 Å². The third-order valence-corrected chi connectivity index (χ3v) is 4.90. The maximum Gasteiger partial charge on any atom is 0.158 e. The minimum Gasteiger partial charge on any atom is -0.309 e. The Morgan fingerprint density at radius 3 is 2.50 bits per heavy atom. The molecule has 0 aliphatic heterocycles. The number of aromatic nitrogens is 4. The van der Waals surface area contributed by atoms with E-state index in [2.05, 4.69) is 16.6 Å². The van der Waals surface area contributed by atoms with Crippen molar-refractivity contribution in [3.05, 3.63) is 11.5 Å². The van der Waals surface area contributed by atoms with E-state index in [0.29, 0.717) is 6.04 Å². The number of hydrogen-bond acceptors (Lipinski definition) is 2. The average molecular weight is 295 g/mol. The molecular formula is C15H23ClN4. The van der Waals surface area contributed by atoms with E-state index in [1.165, 1.54) is 25.7 Å². The SMILES string of the molecule is Cc1nn(C)c2c1nc(C(C)Cl)n2C(C)C1CCCC1. The van der Waals surface area contributed by atoms with Gasteiger partial charge in [0.15, 0.2) is 5.65 Å². The van der Waals surface area contributed by atoms with Gasteiger partial charge >= 0.3 is 0 Å². The molecule has 0 saturated heterocycles. The van der Waals surface area contributed by atoms with Crippen LogP contribution in [0.2, 0.25) is 0 Å². The van der Waals surface area contributed by atoms with Gasteiger partial charge < -0.3 is 4.57 Å². The van der Waals surface area contributed by atoms with Crippen molar-refractivity contribution in [1.82, 2.24) is 19.3 Å². The first-order chi connectivity index (χ1) is 9.50. The number of hydrogen-bond donors (Lipinski definition) is 0. The van der Waals surface area contributed by atoms with Gasteiger partial charge in [-0.05, 0) is 39.5 Å². The standard InChI is InChI=1S/C15H23ClN4/c1-9(16)14-17-13-10(2)18-19(4)15(13)20(14)11(3)12-7-5-6-8-12/h9,11-12H,5-8H2,1-4H3. The fraction of sp³-hybridized carbons (Fsp3) is 0.733. The van der Waals surface area contributed by atoms with Gasteiger partial charge in [-0.2, -0.15) is 5.10 Å². The van der Waals surface area contributed by atoms with E-state index in [1.54, 1.807) is 0 Å². The molecule has 1 aliphatic carbocycles. The van der Waals surface area contributed by atoms with Crippen LogP contribution in [0.5, 0.6) is 0 Å². The van der Waals surface area contributed by atoms with E-state index in [-0.39, 0.29) is 5.38 Å². The van der Waals surface area contributed by atoms with Crippen LogP contribution >= 0.6 is 11.6 Å². The van der Waals surface area contributed by atoms with Crippen LogP contribution in [0.25, 0.3) is 11.2 Å². The summed E-state index contributed by atoms with van der Waals surface area (Å²) < 4.78 is 4.29. The minimum atomic E-state index is -0.0781. The van der Waals surface area contributed by atoms with E-state index in [9.17, 15) is 0 Å². The van der Waals surface area contributed by atoms with Gasteiger partial charge in [-0.1, -0.05) is 12.8 Å². The highest BCUT2D eigenvalue weighted by atomic mass is 35.5. The Bertz CT molecular complexity index is 619. The molecule has 2 unspecified atom stereocenters. The van der Waals surface area contributed by atoms with Gasteiger partial charge in [0.1, 0.15) is 11.3 Å². The van der Waals surface area contributed by atoms with Crippen molar-refractivity contribution in [2.24, 2.45) is 13.0 Å². The second-order valence-electron chi connectivity index (χ2n) is 6.12. The van der Waals surface area contributed by atoms with Crippen LogP contribution in [0.3, 0.4) is 0 Å². The summed E-state index contributed by atoms with van der Waals surface area (Å²) in [4.78, 5) is 4.77. The first-order valence-electron chi connectivity index (χ1n) is 7.56. The Morgan fingerprint density at radius 2 is 1.90 bits per heavy atom. The van der Waals surface area contributed by atoms with Gasteiger partial charge in [0.25, 0.3) is 0 Å². The molecule has 2 aromatic rings. The Hall–Kier alpha value is -1.03. The maximum absolute atomic E-state index is 6.38. The van der Waals surface area contributed by atoms with Gasteiger partial charge in [-0.15, -0.1) is 11.6 Å². The molecule has 5 heteroatoms. The molecule has 0 radical (unpaired) electrons. The second kappa shape index (κ2) is 5.06. The Kier molecular flexibility index (Phi) is 3.53. The molecule has 0 aromatic carbocycles. The van der Waals surface area contributed by atoms with E-state index < -0.39 is 0 Å². The third-order valence-electron chi connectivity index (χ3n) is 4.71. The maximum atomic E-state index is 6.38.